The van der Waals surface area contributed by atoms with Gasteiger partial charge in [0.1, 0.15) is 5.84 Å². The summed E-state index contributed by atoms with van der Waals surface area (Å²) in [6.45, 7) is 6.84. The van der Waals surface area contributed by atoms with Gasteiger partial charge in [-0.1, -0.05) is 13.8 Å². The molecule has 0 saturated carbocycles. The highest BCUT2D eigenvalue weighted by molar-refractivity contribution is 5.89. The average Bonchev–Trinajstić information content (AvgIpc) is 1.94. The molecule has 0 fully saturated rings. The van der Waals surface area contributed by atoms with Crippen molar-refractivity contribution in [2.24, 2.45) is 9.98 Å². The van der Waals surface area contributed by atoms with E-state index in [1.54, 1.807) is 0 Å². The van der Waals surface area contributed by atoms with E-state index in [4.69, 9.17) is 0 Å². The van der Waals surface area contributed by atoms with Crippen molar-refractivity contribution in [2.75, 3.05) is 6.54 Å². The number of nitrogens with zero attached hydrogens (tertiary/aromatic N) is 2. The Morgan fingerprint density at radius 2 is 2.11 bits per heavy atom. The Morgan fingerprint density at radius 3 is 2.33 bits per heavy atom. The van der Waals surface area contributed by atoms with Gasteiger partial charge in [-0.25, -0.2) is 4.99 Å². The normalized spacial score (nSPS) is 15.7. The van der Waals surface area contributed by atoms with Crippen LogP contribution in [0.15, 0.2) is 9.98 Å². The van der Waals surface area contributed by atoms with E-state index < -0.39 is 0 Å². The highest BCUT2D eigenvalue weighted by Crippen LogP contribution is 1.88. The van der Waals surface area contributed by atoms with Gasteiger partial charge >= 0.3 is 0 Å². The Morgan fingerprint density at radius 1 is 1.44 bits per heavy atom. The van der Waals surface area contributed by atoms with Gasteiger partial charge in [0, 0.05) is 19.2 Å². The molecule has 0 saturated heterocycles. The summed E-state index contributed by atoms with van der Waals surface area (Å²) in [7, 11) is 0. The molecule has 1 rings (SSSR count). The number of hydrogen-bond donors (Lipinski definition) is 0. The second-order valence-electron chi connectivity index (χ2n) is 1.53. The Labute approximate surface area is 56.7 Å². The number of aliphatic imine (C=N–C) groups is 2. The van der Waals surface area contributed by atoms with E-state index in [9.17, 15) is 0 Å². The highest BCUT2D eigenvalue weighted by atomic mass is 14.9. The minimum atomic E-state index is 0.909. The zero-order valence-corrected chi connectivity index (χ0v) is 6.39. The number of rotatable bonds is 0. The van der Waals surface area contributed by atoms with E-state index in [2.05, 4.69) is 9.98 Å². The molecule has 52 valence electrons. The SMILES string of the molecule is CC.CC1=NCCC=N1. The molecule has 0 amide bonds. The van der Waals surface area contributed by atoms with Crippen LogP contribution in [-0.4, -0.2) is 18.6 Å². The van der Waals surface area contributed by atoms with Crippen LogP contribution in [0.1, 0.15) is 27.2 Å². The summed E-state index contributed by atoms with van der Waals surface area (Å²) in [6.07, 6.45) is 2.92. The lowest BCUT2D eigenvalue weighted by atomic mass is 10.4. The molecule has 1 heterocycles. The molecule has 1 aliphatic heterocycles. The van der Waals surface area contributed by atoms with Crippen molar-refractivity contribution in [1.82, 2.24) is 0 Å². The van der Waals surface area contributed by atoms with Crippen molar-refractivity contribution in [3.63, 3.8) is 0 Å². The van der Waals surface area contributed by atoms with Crippen LogP contribution in [0.2, 0.25) is 0 Å². The molecule has 0 spiro atoms. The first-order valence-electron chi connectivity index (χ1n) is 3.43. The Balaban J connectivity index is 0.000000291. The maximum atomic E-state index is 4.05. The van der Waals surface area contributed by atoms with Gasteiger partial charge < -0.3 is 0 Å². The lowest BCUT2D eigenvalue weighted by Crippen LogP contribution is -1.96. The summed E-state index contributed by atoms with van der Waals surface area (Å²) in [5.41, 5.74) is 0. The standard InChI is InChI=1S/C5H8N2.C2H6/c1-5-6-3-2-4-7-5;1-2/h3H,2,4H2,1H3;1-2H3. The molecule has 0 bridgehead atoms. The molecule has 2 heteroatoms. The molecular weight excluding hydrogens is 112 g/mol. The summed E-state index contributed by atoms with van der Waals surface area (Å²) in [5.74, 6) is 0.909. The van der Waals surface area contributed by atoms with Crippen LogP contribution < -0.4 is 0 Å². The van der Waals surface area contributed by atoms with E-state index in [1.807, 2.05) is 27.0 Å². The first kappa shape index (κ1) is 8.34. The smallest absolute Gasteiger partial charge is 0.119 e. The Hall–Kier alpha value is -0.660. The van der Waals surface area contributed by atoms with Crippen molar-refractivity contribution >= 4 is 12.1 Å². The van der Waals surface area contributed by atoms with Crippen molar-refractivity contribution in [3.8, 4) is 0 Å². The van der Waals surface area contributed by atoms with Crippen LogP contribution in [0, 0.1) is 0 Å². The maximum absolute atomic E-state index is 4.05. The van der Waals surface area contributed by atoms with Crippen LogP contribution >= 0.6 is 0 Å². The van der Waals surface area contributed by atoms with Gasteiger partial charge in [-0.05, 0) is 6.92 Å². The minimum absolute atomic E-state index is 0.909. The third-order valence-electron chi connectivity index (χ3n) is 0.877. The van der Waals surface area contributed by atoms with Gasteiger partial charge in [0.2, 0.25) is 0 Å². The molecule has 1 aliphatic rings. The van der Waals surface area contributed by atoms with Crippen LogP contribution in [0.3, 0.4) is 0 Å². The number of amidine groups is 1. The lowest BCUT2D eigenvalue weighted by Gasteiger charge is -1.96. The molecular formula is C7H14N2. The maximum Gasteiger partial charge on any atom is 0.119 e. The first-order valence-corrected chi connectivity index (χ1v) is 3.43. The van der Waals surface area contributed by atoms with Crippen LogP contribution in [-0.2, 0) is 0 Å². The van der Waals surface area contributed by atoms with Crippen LogP contribution in [0.4, 0.5) is 0 Å². The van der Waals surface area contributed by atoms with Crippen molar-refractivity contribution in [3.05, 3.63) is 0 Å². The summed E-state index contributed by atoms with van der Waals surface area (Å²) in [4.78, 5) is 8.00. The quantitative estimate of drug-likeness (QED) is 0.473. The van der Waals surface area contributed by atoms with Crippen LogP contribution in [0.5, 0.6) is 0 Å². The first-order chi connectivity index (χ1) is 4.39. The molecule has 0 atom stereocenters. The van der Waals surface area contributed by atoms with Crippen LogP contribution in [0.25, 0.3) is 0 Å². The fraction of sp³-hybridized carbons (Fsp3) is 0.714. The summed E-state index contributed by atoms with van der Waals surface area (Å²) in [6, 6.07) is 0. The highest BCUT2D eigenvalue weighted by Gasteiger charge is 1.88. The predicted octanol–water partition coefficient (Wildman–Crippen LogP) is 1.91. The summed E-state index contributed by atoms with van der Waals surface area (Å²) in [5, 5.41) is 0. The van der Waals surface area contributed by atoms with Crippen molar-refractivity contribution < 1.29 is 0 Å². The molecule has 0 N–H and O–H groups in total. The molecule has 0 radical (unpaired) electrons. The molecule has 0 unspecified atom stereocenters. The third kappa shape index (κ3) is 3.88. The average molecular weight is 126 g/mol. The fourth-order valence-corrected chi connectivity index (χ4v) is 0.522. The van der Waals surface area contributed by atoms with Crippen molar-refractivity contribution in [1.29, 1.82) is 0 Å². The van der Waals surface area contributed by atoms with Gasteiger partial charge in [-0.15, -0.1) is 0 Å². The van der Waals surface area contributed by atoms with E-state index in [0.717, 1.165) is 18.8 Å². The molecule has 0 aromatic rings. The van der Waals surface area contributed by atoms with Gasteiger partial charge in [0.05, 0.1) is 0 Å². The zero-order valence-electron chi connectivity index (χ0n) is 6.39. The molecule has 0 aromatic carbocycles. The lowest BCUT2D eigenvalue weighted by molar-refractivity contribution is 1.03. The topological polar surface area (TPSA) is 24.7 Å². The predicted molar refractivity (Wildman–Crippen MR) is 42.4 cm³/mol. The van der Waals surface area contributed by atoms with E-state index in [1.165, 1.54) is 0 Å². The monoisotopic (exact) mass is 126 g/mol. The van der Waals surface area contributed by atoms with Crippen molar-refractivity contribution in [2.45, 2.75) is 27.2 Å². The van der Waals surface area contributed by atoms with E-state index in [-0.39, 0.29) is 0 Å². The zero-order chi connectivity index (χ0) is 7.11. The van der Waals surface area contributed by atoms with Gasteiger partial charge in [0.15, 0.2) is 0 Å². The minimum Gasteiger partial charge on any atom is -0.270 e. The Bertz CT molecular complexity index is 114. The molecule has 0 aliphatic carbocycles. The van der Waals surface area contributed by atoms with E-state index >= 15 is 0 Å². The second kappa shape index (κ2) is 5.48. The molecule has 9 heavy (non-hydrogen) atoms. The second-order valence-corrected chi connectivity index (χ2v) is 1.53. The van der Waals surface area contributed by atoms with Gasteiger partial charge in [-0.3, -0.25) is 4.99 Å². The summed E-state index contributed by atoms with van der Waals surface area (Å²) >= 11 is 0. The third-order valence-corrected chi connectivity index (χ3v) is 0.877. The molecule has 0 aromatic heterocycles. The largest absolute Gasteiger partial charge is 0.270 e. The van der Waals surface area contributed by atoms with Gasteiger partial charge in [-0.2, -0.15) is 0 Å². The van der Waals surface area contributed by atoms with Gasteiger partial charge in [0.25, 0.3) is 0 Å². The van der Waals surface area contributed by atoms with E-state index in [0.29, 0.717) is 0 Å². The Kier molecular flexibility index (Phi) is 5.07. The summed E-state index contributed by atoms with van der Waals surface area (Å²) < 4.78 is 0. The molecule has 2 nitrogen and oxygen atoms in total. The number of hydrogen-bond acceptors (Lipinski definition) is 2. The fourth-order valence-electron chi connectivity index (χ4n) is 0.522.